The van der Waals surface area contributed by atoms with Gasteiger partial charge in [0.1, 0.15) is 0 Å². The van der Waals surface area contributed by atoms with Crippen LogP contribution in [0.3, 0.4) is 0 Å². The second kappa shape index (κ2) is 44.7. The van der Waals surface area contributed by atoms with Crippen molar-refractivity contribution in [2.45, 2.75) is 252 Å². The first-order valence-corrected chi connectivity index (χ1v) is 34.7. The highest BCUT2D eigenvalue weighted by molar-refractivity contribution is 5.43. The van der Waals surface area contributed by atoms with Gasteiger partial charge in [0, 0.05) is 52.4 Å². The Morgan fingerprint density at radius 1 is 0.412 bits per heavy atom. The minimum atomic E-state index is -0.398. The van der Waals surface area contributed by atoms with Gasteiger partial charge < -0.3 is 25.3 Å². The number of likely N-dealkylation sites (N-methyl/N-ethyl adjacent to an activating group) is 1. The topological polar surface area (TPSA) is 114 Å². The molecule has 2 heterocycles. The molecule has 5 unspecified atom stereocenters. The average molecular weight is 1170 g/mol. The summed E-state index contributed by atoms with van der Waals surface area (Å²) in [5.41, 5.74) is -0.751. The summed E-state index contributed by atoms with van der Waals surface area (Å²) in [5, 5.41) is 7.50. The predicted octanol–water partition coefficient (Wildman–Crippen LogP) is 18.5. The van der Waals surface area contributed by atoms with Gasteiger partial charge in [-0.2, -0.15) is 29.9 Å². The summed E-state index contributed by atoms with van der Waals surface area (Å²) in [6, 6.07) is 0. The van der Waals surface area contributed by atoms with E-state index in [9.17, 15) is 0 Å². The van der Waals surface area contributed by atoms with Crippen LogP contribution in [0.25, 0.3) is 0 Å². The van der Waals surface area contributed by atoms with Gasteiger partial charge in [-0.15, -0.1) is 46.1 Å². The fourth-order valence-corrected chi connectivity index (χ4v) is 13.3. The Hall–Kier alpha value is -4.68. The van der Waals surface area contributed by atoms with Crippen molar-refractivity contribution in [2.24, 2.45) is 23.7 Å². The normalized spacial score (nSPS) is 17.4. The van der Waals surface area contributed by atoms with Gasteiger partial charge >= 0.3 is 0 Å². The molecule has 1 fully saturated rings. The second-order valence-corrected chi connectivity index (χ2v) is 25.1. The lowest BCUT2D eigenvalue weighted by Crippen LogP contribution is -2.45. The van der Waals surface area contributed by atoms with Crippen molar-refractivity contribution in [1.82, 2.24) is 40.1 Å². The summed E-state index contributed by atoms with van der Waals surface area (Å²) in [5.74, 6) is 7.89. The van der Waals surface area contributed by atoms with E-state index in [4.69, 9.17) is 29.9 Å². The van der Waals surface area contributed by atoms with Crippen molar-refractivity contribution in [1.29, 1.82) is 0 Å². The molecule has 0 spiro atoms. The largest absolute Gasteiger partial charge is 0.354 e. The molecule has 0 aromatic carbocycles. The van der Waals surface area contributed by atoms with E-state index < -0.39 is 5.54 Å². The third-order valence-electron chi connectivity index (χ3n) is 18.7. The Balaban J connectivity index is 1.56. The van der Waals surface area contributed by atoms with Crippen LogP contribution in [0.4, 0.5) is 23.8 Å². The number of rotatable bonds is 55. The van der Waals surface area contributed by atoms with Gasteiger partial charge in [0.25, 0.3) is 0 Å². The van der Waals surface area contributed by atoms with Crippen LogP contribution in [0.1, 0.15) is 253 Å². The summed E-state index contributed by atoms with van der Waals surface area (Å²) in [6.45, 7) is 51.0. The zero-order valence-electron chi connectivity index (χ0n) is 56.1. The van der Waals surface area contributed by atoms with Crippen LogP contribution in [-0.4, -0.2) is 100 Å². The third kappa shape index (κ3) is 26.3. The highest BCUT2D eigenvalue weighted by Gasteiger charge is 2.38. The van der Waals surface area contributed by atoms with E-state index in [1.54, 1.807) is 0 Å². The van der Waals surface area contributed by atoms with Gasteiger partial charge in [-0.1, -0.05) is 218 Å². The van der Waals surface area contributed by atoms with E-state index in [0.717, 1.165) is 87.2 Å². The molecule has 2 aromatic heterocycles. The molecule has 1 aliphatic rings. The van der Waals surface area contributed by atoms with Crippen molar-refractivity contribution >= 4 is 23.8 Å². The molecule has 0 radical (unpaired) electrons. The average Bonchev–Trinajstić information content (AvgIpc) is 3.18. The molecule has 0 amide bonds. The molecular weight excluding hydrogens is 1040 g/mol. The summed E-state index contributed by atoms with van der Waals surface area (Å²) in [6.07, 6.45) is 53.3. The number of aromatic nitrogens is 6. The molecule has 1 aliphatic carbocycles. The summed E-state index contributed by atoms with van der Waals surface area (Å²) < 4.78 is 0. The van der Waals surface area contributed by atoms with Crippen LogP contribution in [-0.2, 0) is 11.1 Å². The summed E-state index contributed by atoms with van der Waals surface area (Å²) in [7, 11) is 0. The molecule has 2 aromatic rings. The second-order valence-electron chi connectivity index (χ2n) is 25.1. The zero-order chi connectivity index (χ0) is 62.0. The number of hydrogen-bond acceptors (Lipinski definition) is 12. The van der Waals surface area contributed by atoms with Crippen LogP contribution in [0, 0.1) is 23.7 Å². The van der Waals surface area contributed by atoms with Crippen molar-refractivity contribution < 1.29 is 0 Å². The number of nitrogens with one attached hydrogen (secondary N) is 2. The van der Waals surface area contributed by atoms with E-state index in [2.05, 4.69) is 125 Å². The van der Waals surface area contributed by atoms with Crippen LogP contribution in [0.2, 0.25) is 0 Å². The molecule has 6 atom stereocenters. The fourth-order valence-electron chi connectivity index (χ4n) is 13.3. The van der Waals surface area contributed by atoms with Crippen molar-refractivity contribution in [3.8, 4) is 0 Å². The van der Waals surface area contributed by atoms with E-state index >= 15 is 0 Å². The summed E-state index contributed by atoms with van der Waals surface area (Å²) >= 11 is 0. The SMILES string of the molecule is C=CCN(CC=C)c1nc(N(CC=C)CC=C)nc(C(C)(CC)NCCCCCCCCCC2C(CCCCCC)C(CCCCCC)CC[C@H]2CCCCCCCCCNc2nc(N(CC=C)CC=C)nc(C(C)(CC)N(CC)CC=C)n2)n1. The maximum Gasteiger partial charge on any atom is 0.231 e. The highest BCUT2D eigenvalue weighted by atomic mass is 15.4. The number of anilines is 4. The maximum atomic E-state index is 5.09. The first-order chi connectivity index (χ1) is 41.4. The zero-order valence-corrected chi connectivity index (χ0v) is 56.1. The third-order valence-corrected chi connectivity index (χ3v) is 18.7. The first kappa shape index (κ1) is 74.6. The van der Waals surface area contributed by atoms with Crippen molar-refractivity contribution in [3.63, 3.8) is 0 Å². The maximum absolute atomic E-state index is 5.09. The van der Waals surface area contributed by atoms with E-state index in [0.29, 0.717) is 63.1 Å². The Morgan fingerprint density at radius 3 is 1.19 bits per heavy atom. The lowest BCUT2D eigenvalue weighted by molar-refractivity contribution is 0.0581. The Kier molecular flexibility index (Phi) is 39.2. The minimum absolute atomic E-state index is 0.353. The standard InChI is InChI=1S/C73H128N12/c1-15-27-29-41-47-62-51-52-63(48-42-37-33-31-35-39-45-53-74-68-76-67(73(14,25-11)85(26-12)61-23-9)79-69(80-68)82(55-17-3)56-18-4)65(64(62)49-43-30-28-16-2)50-44-38-34-32-36-40-46-54-75-72(13,24-10)66-77-70(83(57-19-5)58-20-6)81-71(78-66)84(59-21-7)60-22-8/h17-23,62-65,75H,3-9,15-16,24-61H2,1-2,10-14H3,(H,74,76,79,80)/t62?,63-,64?,65?,72?,73?/m1/s1. The lowest BCUT2D eigenvalue weighted by Gasteiger charge is -2.44. The van der Waals surface area contributed by atoms with Crippen LogP contribution >= 0.6 is 0 Å². The fraction of sp³-hybridized carbons (Fsp3) is 0.726. The Bertz CT molecular complexity index is 2070. The van der Waals surface area contributed by atoms with Gasteiger partial charge in [-0.25, -0.2) is 0 Å². The molecule has 480 valence electrons. The van der Waals surface area contributed by atoms with Gasteiger partial charge in [0.15, 0.2) is 11.6 Å². The van der Waals surface area contributed by atoms with Crippen LogP contribution in [0.15, 0.2) is 88.6 Å². The molecule has 0 saturated heterocycles. The monoisotopic (exact) mass is 1170 g/mol. The van der Waals surface area contributed by atoms with Gasteiger partial charge in [-0.05, 0) is 102 Å². The van der Waals surface area contributed by atoms with E-state index in [-0.39, 0.29) is 5.54 Å². The molecule has 85 heavy (non-hydrogen) atoms. The highest BCUT2D eigenvalue weighted by Crippen LogP contribution is 2.48. The molecule has 3 rings (SSSR count). The quantitative estimate of drug-likeness (QED) is 0.0486. The molecule has 0 bridgehead atoms. The molecule has 2 N–H and O–H groups in total. The van der Waals surface area contributed by atoms with Crippen molar-refractivity contribution in [3.05, 3.63) is 100 Å². The van der Waals surface area contributed by atoms with Crippen LogP contribution in [0.5, 0.6) is 0 Å². The Labute approximate surface area is 523 Å². The van der Waals surface area contributed by atoms with Gasteiger partial charge in [0.05, 0.1) is 11.1 Å². The van der Waals surface area contributed by atoms with Crippen LogP contribution < -0.4 is 25.3 Å². The first-order valence-electron chi connectivity index (χ1n) is 34.7. The number of unbranched alkanes of at least 4 members (excludes halogenated alkanes) is 18. The smallest absolute Gasteiger partial charge is 0.231 e. The summed E-state index contributed by atoms with van der Waals surface area (Å²) in [4.78, 5) is 38.9. The number of nitrogens with zero attached hydrogens (tertiary/aromatic N) is 10. The van der Waals surface area contributed by atoms with E-state index in [1.165, 1.54) is 167 Å². The lowest BCUT2D eigenvalue weighted by atomic mass is 9.61. The van der Waals surface area contributed by atoms with Gasteiger partial charge in [0.2, 0.25) is 23.8 Å². The minimum Gasteiger partial charge on any atom is -0.354 e. The van der Waals surface area contributed by atoms with E-state index in [1.807, 2.05) is 42.5 Å². The molecule has 12 nitrogen and oxygen atoms in total. The molecule has 12 heteroatoms. The molecule has 1 saturated carbocycles. The van der Waals surface area contributed by atoms with Crippen molar-refractivity contribution in [2.75, 3.05) is 85.5 Å². The molecule has 0 aliphatic heterocycles. The number of hydrogen-bond donors (Lipinski definition) is 2. The molecular formula is C73H128N12. The van der Waals surface area contributed by atoms with Gasteiger partial charge in [-0.3, -0.25) is 4.90 Å². The Morgan fingerprint density at radius 2 is 0.788 bits per heavy atom. The predicted molar refractivity (Wildman–Crippen MR) is 371 cm³/mol.